The summed E-state index contributed by atoms with van der Waals surface area (Å²) in [6.07, 6.45) is 3.85. The van der Waals surface area contributed by atoms with Crippen molar-refractivity contribution < 1.29 is 4.79 Å². The van der Waals surface area contributed by atoms with E-state index in [0.717, 1.165) is 38.2 Å². The van der Waals surface area contributed by atoms with Crippen molar-refractivity contribution in [2.45, 2.75) is 32.4 Å². The number of urea groups is 1. The Kier molecular flexibility index (Phi) is 4.95. The highest BCUT2D eigenvalue weighted by molar-refractivity contribution is 5.73. The maximum Gasteiger partial charge on any atom is 0.319 e. The number of carbonyl (C=O) groups is 1. The van der Waals surface area contributed by atoms with E-state index in [1.807, 2.05) is 17.2 Å². The molecule has 1 aromatic rings. The second kappa shape index (κ2) is 6.70. The van der Waals surface area contributed by atoms with E-state index in [0.29, 0.717) is 6.04 Å². The molecule has 0 radical (unpaired) electrons. The number of nitrogens with zero attached hydrogens (tertiary/aromatic N) is 3. The number of nitrogens with one attached hydrogen (secondary N) is 1. The van der Waals surface area contributed by atoms with Gasteiger partial charge in [0, 0.05) is 46.0 Å². The summed E-state index contributed by atoms with van der Waals surface area (Å²) in [6.45, 7) is 4.55. The maximum absolute atomic E-state index is 11.8. The van der Waals surface area contributed by atoms with E-state index in [1.165, 1.54) is 5.56 Å². The monoisotopic (exact) mass is 276 g/mol. The zero-order valence-electron chi connectivity index (χ0n) is 12.6. The normalized spacial score (nSPS) is 16.2. The van der Waals surface area contributed by atoms with Crippen molar-refractivity contribution in [3.63, 3.8) is 0 Å². The van der Waals surface area contributed by atoms with Crippen molar-refractivity contribution in [3.05, 3.63) is 29.6 Å². The van der Waals surface area contributed by atoms with Crippen LogP contribution in [0.1, 0.15) is 24.1 Å². The van der Waals surface area contributed by atoms with Crippen molar-refractivity contribution in [3.8, 4) is 0 Å². The fourth-order valence-corrected chi connectivity index (χ4v) is 2.50. The van der Waals surface area contributed by atoms with Crippen LogP contribution in [0.4, 0.5) is 4.79 Å². The van der Waals surface area contributed by atoms with Gasteiger partial charge in [-0.3, -0.25) is 4.98 Å². The molecular weight excluding hydrogens is 252 g/mol. The Hall–Kier alpha value is -1.62. The van der Waals surface area contributed by atoms with E-state index >= 15 is 0 Å². The third-order valence-electron chi connectivity index (χ3n) is 3.82. The van der Waals surface area contributed by atoms with Crippen LogP contribution in [0.3, 0.4) is 0 Å². The first kappa shape index (κ1) is 14.8. The van der Waals surface area contributed by atoms with E-state index < -0.39 is 0 Å². The molecule has 0 saturated carbocycles. The number of likely N-dealkylation sites (tertiary alicyclic amines) is 1. The van der Waals surface area contributed by atoms with E-state index in [-0.39, 0.29) is 6.03 Å². The summed E-state index contributed by atoms with van der Waals surface area (Å²) in [5.41, 5.74) is 2.33. The summed E-state index contributed by atoms with van der Waals surface area (Å²) >= 11 is 0. The van der Waals surface area contributed by atoms with E-state index in [9.17, 15) is 4.79 Å². The number of rotatable bonds is 3. The van der Waals surface area contributed by atoms with Crippen LogP contribution in [0.25, 0.3) is 0 Å². The van der Waals surface area contributed by atoms with Crippen LogP contribution in [-0.2, 0) is 6.54 Å². The molecule has 1 N–H and O–H groups in total. The Balaban J connectivity index is 1.78. The highest BCUT2D eigenvalue weighted by Gasteiger charge is 2.23. The van der Waals surface area contributed by atoms with E-state index in [1.54, 1.807) is 19.0 Å². The van der Waals surface area contributed by atoms with Gasteiger partial charge in [0.05, 0.1) is 5.69 Å². The molecule has 0 spiro atoms. The number of aromatic nitrogens is 1. The number of pyridine rings is 1. The Morgan fingerprint density at radius 2 is 2.15 bits per heavy atom. The molecule has 0 bridgehead atoms. The highest BCUT2D eigenvalue weighted by Crippen LogP contribution is 2.12. The van der Waals surface area contributed by atoms with Crippen molar-refractivity contribution in [2.75, 3.05) is 27.2 Å². The summed E-state index contributed by atoms with van der Waals surface area (Å²) in [6, 6.07) is 4.64. The van der Waals surface area contributed by atoms with Crippen molar-refractivity contribution >= 4 is 6.03 Å². The minimum absolute atomic E-state index is 0.115. The third kappa shape index (κ3) is 3.70. The molecule has 0 aromatic carbocycles. The van der Waals surface area contributed by atoms with Gasteiger partial charge in [-0.1, -0.05) is 6.07 Å². The number of hydrogen-bond acceptors (Lipinski definition) is 3. The standard InChI is InChI=1S/C15H24N4O/c1-12-5-4-8-16-14(12)11-17-13-6-9-19(10-7-13)15(20)18(2)3/h4-5,8,13,17H,6-7,9-11H2,1-3H3. The van der Waals surface area contributed by atoms with Gasteiger partial charge in [-0.05, 0) is 31.4 Å². The molecule has 2 rings (SSSR count). The summed E-state index contributed by atoms with van der Waals surface area (Å²) in [7, 11) is 3.60. The van der Waals surface area contributed by atoms with Gasteiger partial charge in [0.25, 0.3) is 0 Å². The van der Waals surface area contributed by atoms with Crippen LogP contribution < -0.4 is 5.32 Å². The summed E-state index contributed by atoms with van der Waals surface area (Å²) < 4.78 is 0. The molecule has 5 heteroatoms. The predicted octanol–water partition coefficient (Wildman–Crippen LogP) is 1.63. The molecule has 0 unspecified atom stereocenters. The minimum Gasteiger partial charge on any atom is -0.331 e. The molecular formula is C15H24N4O. The Morgan fingerprint density at radius 3 is 2.75 bits per heavy atom. The second-order valence-corrected chi connectivity index (χ2v) is 5.59. The second-order valence-electron chi connectivity index (χ2n) is 5.59. The molecule has 0 atom stereocenters. The van der Waals surface area contributed by atoms with Gasteiger partial charge in [-0.15, -0.1) is 0 Å². The number of hydrogen-bond donors (Lipinski definition) is 1. The molecule has 1 fully saturated rings. The zero-order valence-corrected chi connectivity index (χ0v) is 12.6. The van der Waals surface area contributed by atoms with Gasteiger partial charge in [-0.2, -0.15) is 0 Å². The van der Waals surface area contributed by atoms with E-state index in [2.05, 4.69) is 23.3 Å². The van der Waals surface area contributed by atoms with Gasteiger partial charge in [0.2, 0.25) is 0 Å². The first-order valence-corrected chi connectivity index (χ1v) is 7.18. The van der Waals surface area contributed by atoms with Crippen LogP contribution in [0.2, 0.25) is 0 Å². The topological polar surface area (TPSA) is 48.5 Å². The Morgan fingerprint density at radius 1 is 1.45 bits per heavy atom. The molecule has 5 nitrogen and oxygen atoms in total. The number of piperidine rings is 1. The predicted molar refractivity (Wildman–Crippen MR) is 79.5 cm³/mol. The van der Waals surface area contributed by atoms with Crippen LogP contribution in [0, 0.1) is 6.92 Å². The third-order valence-corrected chi connectivity index (χ3v) is 3.82. The first-order valence-electron chi connectivity index (χ1n) is 7.18. The van der Waals surface area contributed by atoms with Crippen LogP contribution in [0.15, 0.2) is 18.3 Å². The lowest BCUT2D eigenvalue weighted by Gasteiger charge is -2.34. The zero-order chi connectivity index (χ0) is 14.5. The van der Waals surface area contributed by atoms with Gasteiger partial charge in [0.1, 0.15) is 0 Å². The lowest BCUT2D eigenvalue weighted by molar-refractivity contribution is 0.152. The van der Waals surface area contributed by atoms with Crippen LogP contribution in [-0.4, -0.2) is 54.0 Å². The molecule has 1 aliphatic rings. The molecule has 2 amide bonds. The minimum atomic E-state index is 0.115. The Labute approximate surface area is 121 Å². The molecule has 1 aliphatic heterocycles. The molecule has 1 aromatic heterocycles. The van der Waals surface area contributed by atoms with Crippen molar-refractivity contribution in [1.82, 2.24) is 20.1 Å². The molecule has 20 heavy (non-hydrogen) atoms. The largest absolute Gasteiger partial charge is 0.331 e. The van der Waals surface area contributed by atoms with Gasteiger partial charge < -0.3 is 15.1 Å². The summed E-state index contributed by atoms with van der Waals surface area (Å²) in [5, 5.41) is 3.55. The fourth-order valence-electron chi connectivity index (χ4n) is 2.50. The average Bonchev–Trinajstić information content (AvgIpc) is 2.46. The van der Waals surface area contributed by atoms with Gasteiger partial charge in [0.15, 0.2) is 0 Å². The fraction of sp³-hybridized carbons (Fsp3) is 0.600. The van der Waals surface area contributed by atoms with E-state index in [4.69, 9.17) is 0 Å². The summed E-state index contributed by atoms with van der Waals surface area (Å²) in [4.78, 5) is 19.8. The van der Waals surface area contributed by atoms with Gasteiger partial charge >= 0.3 is 6.03 Å². The quantitative estimate of drug-likeness (QED) is 0.913. The van der Waals surface area contributed by atoms with Crippen LogP contribution in [0.5, 0.6) is 0 Å². The van der Waals surface area contributed by atoms with Crippen molar-refractivity contribution in [2.24, 2.45) is 0 Å². The number of amides is 2. The van der Waals surface area contributed by atoms with Crippen LogP contribution >= 0.6 is 0 Å². The summed E-state index contributed by atoms with van der Waals surface area (Å²) in [5.74, 6) is 0. The lowest BCUT2D eigenvalue weighted by Crippen LogP contribution is -2.47. The molecule has 0 aliphatic carbocycles. The average molecular weight is 276 g/mol. The molecule has 2 heterocycles. The highest BCUT2D eigenvalue weighted by atomic mass is 16.2. The molecule has 110 valence electrons. The number of aryl methyl sites for hydroxylation is 1. The molecule has 1 saturated heterocycles. The van der Waals surface area contributed by atoms with Crippen molar-refractivity contribution in [1.29, 1.82) is 0 Å². The lowest BCUT2D eigenvalue weighted by atomic mass is 10.0. The van der Waals surface area contributed by atoms with Gasteiger partial charge in [-0.25, -0.2) is 4.79 Å². The maximum atomic E-state index is 11.8. The first-order chi connectivity index (χ1) is 9.58. The number of carbonyl (C=O) groups excluding carboxylic acids is 1. The Bertz CT molecular complexity index is 453. The smallest absolute Gasteiger partial charge is 0.319 e. The SMILES string of the molecule is Cc1cccnc1CNC1CCN(C(=O)N(C)C)CC1.